The van der Waals surface area contributed by atoms with Crippen LogP contribution in [-0.4, -0.2) is 23.2 Å². The highest BCUT2D eigenvalue weighted by molar-refractivity contribution is 7.98. The van der Waals surface area contributed by atoms with E-state index in [2.05, 4.69) is 5.32 Å². The number of carboxylic acids is 1. The van der Waals surface area contributed by atoms with Gasteiger partial charge in [-0.2, -0.15) is 0 Å². The van der Waals surface area contributed by atoms with Crippen LogP contribution in [0.2, 0.25) is 0 Å². The summed E-state index contributed by atoms with van der Waals surface area (Å²) in [5.74, 6) is -1.45. The topological polar surface area (TPSA) is 66.4 Å². The van der Waals surface area contributed by atoms with Gasteiger partial charge in [-0.15, -0.1) is 11.8 Å². The second-order valence-electron chi connectivity index (χ2n) is 4.07. The number of anilines is 1. The Labute approximate surface area is 103 Å². The first-order valence-electron chi connectivity index (χ1n) is 5.27. The predicted molar refractivity (Wildman–Crippen MR) is 66.2 cm³/mol. The molecule has 1 aromatic carbocycles. The zero-order chi connectivity index (χ0) is 12.5. The molecule has 1 amide bonds. The van der Waals surface area contributed by atoms with E-state index in [0.29, 0.717) is 18.5 Å². The molecule has 0 saturated heterocycles. The molecular weight excluding hydrogens is 238 g/mol. The largest absolute Gasteiger partial charge is 0.480 e. The molecule has 0 atom stereocenters. The summed E-state index contributed by atoms with van der Waals surface area (Å²) in [4.78, 5) is 23.8. The van der Waals surface area contributed by atoms with Crippen molar-refractivity contribution in [1.29, 1.82) is 0 Å². The van der Waals surface area contributed by atoms with Crippen LogP contribution in [0.15, 0.2) is 29.2 Å². The van der Waals surface area contributed by atoms with Crippen LogP contribution < -0.4 is 5.32 Å². The summed E-state index contributed by atoms with van der Waals surface area (Å²) in [5.41, 5.74) is -0.538. The van der Waals surface area contributed by atoms with E-state index in [0.717, 1.165) is 4.90 Å². The Morgan fingerprint density at radius 3 is 2.65 bits per heavy atom. The minimum atomic E-state index is -1.19. The van der Waals surface area contributed by atoms with Gasteiger partial charge in [0.25, 0.3) is 0 Å². The number of carbonyl (C=O) groups is 2. The number of carbonyl (C=O) groups excluding carboxylic acids is 1. The molecular formula is C12H13NO3S. The molecule has 0 aliphatic heterocycles. The van der Waals surface area contributed by atoms with E-state index < -0.39 is 17.3 Å². The maximum atomic E-state index is 11.8. The fourth-order valence-electron chi connectivity index (χ4n) is 1.61. The standard InChI is InChI=1S/C12H13NO3S/c1-17-9-4-2-3-8(7-9)13-10(14)12(5-6-12)11(15)16/h2-4,7H,5-6H2,1H3,(H,13,14)(H,15,16). The third kappa shape index (κ3) is 2.29. The van der Waals surface area contributed by atoms with Crippen molar-refractivity contribution in [3.8, 4) is 0 Å². The zero-order valence-corrected chi connectivity index (χ0v) is 10.2. The third-order valence-electron chi connectivity index (χ3n) is 2.92. The molecule has 1 fully saturated rings. The van der Waals surface area contributed by atoms with Crippen LogP contribution in [0.3, 0.4) is 0 Å². The number of hydrogen-bond donors (Lipinski definition) is 2. The lowest BCUT2D eigenvalue weighted by atomic mass is 10.1. The summed E-state index contributed by atoms with van der Waals surface area (Å²) in [6.07, 6.45) is 2.80. The molecule has 5 heteroatoms. The van der Waals surface area contributed by atoms with Crippen LogP contribution in [-0.2, 0) is 9.59 Å². The van der Waals surface area contributed by atoms with Crippen molar-refractivity contribution >= 4 is 29.3 Å². The molecule has 2 N–H and O–H groups in total. The van der Waals surface area contributed by atoms with Gasteiger partial charge in [-0.25, -0.2) is 0 Å². The number of hydrogen-bond acceptors (Lipinski definition) is 3. The lowest BCUT2D eigenvalue weighted by molar-refractivity contribution is -0.147. The highest BCUT2D eigenvalue weighted by atomic mass is 32.2. The molecule has 1 saturated carbocycles. The van der Waals surface area contributed by atoms with Gasteiger partial charge in [0.05, 0.1) is 0 Å². The monoisotopic (exact) mass is 251 g/mol. The van der Waals surface area contributed by atoms with Gasteiger partial charge < -0.3 is 10.4 Å². The molecule has 1 aliphatic carbocycles. The summed E-state index contributed by atoms with van der Waals surface area (Å²) >= 11 is 1.57. The fourth-order valence-corrected chi connectivity index (χ4v) is 2.07. The van der Waals surface area contributed by atoms with Crippen LogP contribution in [0.5, 0.6) is 0 Å². The van der Waals surface area contributed by atoms with E-state index in [1.165, 1.54) is 0 Å². The Morgan fingerprint density at radius 2 is 2.12 bits per heavy atom. The van der Waals surface area contributed by atoms with Crippen molar-refractivity contribution in [2.45, 2.75) is 17.7 Å². The molecule has 2 rings (SSSR count). The van der Waals surface area contributed by atoms with E-state index >= 15 is 0 Å². The second-order valence-corrected chi connectivity index (χ2v) is 4.95. The Hall–Kier alpha value is -1.49. The first-order valence-corrected chi connectivity index (χ1v) is 6.50. The molecule has 17 heavy (non-hydrogen) atoms. The molecule has 1 aliphatic rings. The van der Waals surface area contributed by atoms with Crippen molar-refractivity contribution in [3.63, 3.8) is 0 Å². The van der Waals surface area contributed by atoms with Gasteiger partial charge in [0, 0.05) is 10.6 Å². The highest BCUT2D eigenvalue weighted by Gasteiger charge is 2.57. The minimum Gasteiger partial charge on any atom is -0.480 e. The van der Waals surface area contributed by atoms with Crippen LogP contribution in [0.4, 0.5) is 5.69 Å². The Morgan fingerprint density at radius 1 is 1.41 bits per heavy atom. The predicted octanol–water partition coefficient (Wildman–Crippen LogP) is 2.21. The summed E-state index contributed by atoms with van der Waals surface area (Å²) in [6, 6.07) is 7.36. The Kier molecular flexibility index (Phi) is 3.11. The highest BCUT2D eigenvalue weighted by Crippen LogP contribution is 2.46. The molecule has 0 radical (unpaired) electrons. The molecule has 0 heterocycles. The van der Waals surface area contributed by atoms with E-state index in [9.17, 15) is 9.59 Å². The van der Waals surface area contributed by atoms with Gasteiger partial charge in [-0.3, -0.25) is 9.59 Å². The molecule has 0 bridgehead atoms. The average Bonchev–Trinajstić information content (AvgIpc) is 3.10. The van der Waals surface area contributed by atoms with Crippen LogP contribution in [0.1, 0.15) is 12.8 Å². The lowest BCUT2D eigenvalue weighted by Gasteiger charge is -2.11. The number of aliphatic carboxylic acids is 1. The number of rotatable bonds is 4. The average molecular weight is 251 g/mol. The smallest absolute Gasteiger partial charge is 0.319 e. The zero-order valence-electron chi connectivity index (χ0n) is 9.40. The number of thioether (sulfide) groups is 1. The number of nitrogens with one attached hydrogen (secondary N) is 1. The van der Waals surface area contributed by atoms with Crippen molar-refractivity contribution in [3.05, 3.63) is 24.3 Å². The van der Waals surface area contributed by atoms with E-state index in [-0.39, 0.29) is 0 Å². The maximum absolute atomic E-state index is 11.8. The summed E-state index contributed by atoms with van der Waals surface area (Å²) in [5, 5.41) is 11.7. The first kappa shape index (κ1) is 12.0. The van der Waals surface area contributed by atoms with E-state index in [4.69, 9.17) is 5.11 Å². The Balaban J connectivity index is 2.11. The van der Waals surface area contributed by atoms with Gasteiger partial charge in [0.1, 0.15) is 5.41 Å². The number of amides is 1. The quantitative estimate of drug-likeness (QED) is 0.636. The molecule has 0 spiro atoms. The van der Waals surface area contributed by atoms with Crippen LogP contribution in [0, 0.1) is 5.41 Å². The third-order valence-corrected chi connectivity index (χ3v) is 3.65. The molecule has 4 nitrogen and oxygen atoms in total. The molecule has 1 aromatic rings. The maximum Gasteiger partial charge on any atom is 0.319 e. The fraction of sp³-hybridized carbons (Fsp3) is 0.333. The Bertz CT molecular complexity index is 469. The van der Waals surface area contributed by atoms with Gasteiger partial charge in [0.2, 0.25) is 5.91 Å². The normalized spacial score (nSPS) is 16.3. The van der Waals surface area contributed by atoms with Crippen LogP contribution >= 0.6 is 11.8 Å². The molecule has 90 valence electrons. The van der Waals surface area contributed by atoms with Gasteiger partial charge in [-0.05, 0) is 37.3 Å². The number of benzene rings is 1. The van der Waals surface area contributed by atoms with Crippen molar-refractivity contribution in [2.24, 2.45) is 5.41 Å². The second kappa shape index (κ2) is 4.41. The van der Waals surface area contributed by atoms with E-state index in [1.54, 1.807) is 17.8 Å². The number of carboxylic acid groups (broad SMARTS) is 1. The van der Waals surface area contributed by atoms with Crippen LogP contribution in [0.25, 0.3) is 0 Å². The summed E-state index contributed by atoms with van der Waals surface area (Å²) in [7, 11) is 0. The van der Waals surface area contributed by atoms with Crippen molar-refractivity contribution < 1.29 is 14.7 Å². The van der Waals surface area contributed by atoms with Gasteiger partial charge in [0.15, 0.2) is 0 Å². The minimum absolute atomic E-state index is 0.414. The molecule has 0 aromatic heterocycles. The first-order chi connectivity index (χ1) is 8.08. The SMILES string of the molecule is CSc1cccc(NC(=O)C2(C(=O)O)CC2)c1. The van der Waals surface area contributed by atoms with Crippen molar-refractivity contribution in [2.75, 3.05) is 11.6 Å². The van der Waals surface area contributed by atoms with Crippen molar-refractivity contribution in [1.82, 2.24) is 0 Å². The van der Waals surface area contributed by atoms with Gasteiger partial charge >= 0.3 is 5.97 Å². The summed E-state index contributed by atoms with van der Waals surface area (Å²) < 4.78 is 0. The summed E-state index contributed by atoms with van der Waals surface area (Å²) in [6.45, 7) is 0. The molecule has 0 unspecified atom stereocenters. The van der Waals surface area contributed by atoms with Gasteiger partial charge in [-0.1, -0.05) is 6.07 Å². The van der Waals surface area contributed by atoms with E-state index in [1.807, 2.05) is 24.5 Å². The lowest BCUT2D eigenvalue weighted by Crippen LogP contribution is -2.31.